The van der Waals surface area contributed by atoms with Crippen LogP contribution in [0.2, 0.25) is 0 Å². The highest BCUT2D eigenvalue weighted by atomic mass is 32.2. The summed E-state index contributed by atoms with van der Waals surface area (Å²) in [5, 5.41) is 13.6. The number of thiophene rings is 1. The second-order valence-electron chi connectivity index (χ2n) is 5.57. The molecule has 2 aromatic heterocycles. The van der Waals surface area contributed by atoms with Gasteiger partial charge < -0.3 is 5.11 Å². The van der Waals surface area contributed by atoms with Crippen molar-refractivity contribution in [1.82, 2.24) is 14.5 Å². The fourth-order valence-corrected chi connectivity index (χ4v) is 4.33. The van der Waals surface area contributed by atoms with E-state index in [0.717, 1.165) is 15.4 Å². The Morgan fingerprint density at radius 1 is 1.24 bits per heavy atom. The molecule has 0 fully saturated rings. The number of aliphatic hydroxyl groups is 1. The minimum absolute atomic E-state index is 0.222. The van der Waals surface area contributed by atoms with Gasteiger partial charge >= 0.3 is 0 Å². The van der Waals surface area contributed by atoms with Crippen molar-refractivity contribution >= 4 is 21.4 Å². The lowest BCUT2D eigenvalue weighted by Crippen LogP contribution is -2.25. The Bertz CT molecular complexity index is 914. The van der Waals surface area contributed by atoms with E-state index < -0.39 is 16.1 Å². The summed E-state index contributed by atoms with van der Waals surface area (Å²) in [6, 6.07) is 12.2. The first-order chi connectivity index (χ1) is 12.0. The SMILES string of the molecule is C[C@@H](O)c1ccc(CCNS(=O)(=O)c2ccc(-n3cccn3)cc2)s1. The number of nitrogens with one attached hydrogen (secondary N) is 1. The smallest absolute Gasteiger partial charge is 0.240 e. The summed E-state index contributed by atoms with van der Waals surface area (Å²) in [7, 11) is -3.55. The third kappa shape index (κ3) is 4.35. The largest absolute Gasteiger partial charge is 0.388 e. The van der Waals surface area contributed by atoms with Gasteiger partial charge in [-0.1, -0.05) is 0 Å². The van der Waals surface area contributed by atoms with Crippen LogP contribution in [0.1, 0.15) is 22.8 Å². The molecule has 2 heterocycles. The van der Waals surface area contributed by atoms with E-state index in [1.165, 1.54) is 11.3 Å². The van der Waals surface area contributed by atoms with Gasteiger partial charge in [0.25, 0.3) is 0 Å². The van der Waals surface area contributed by atoms with Gasteiger partial charge in [0.2, 0.25) is 10.0 Å². The average molecular weight is 377 g/mol. The van der Waals surface area contributed by atoms with Crippen molar-refractivity contribution in [3.63, 3.8) is 0 Å². The van der Waals surface area contributed by atoms with Gasteiger partial charge in [0.05, 0.1) is 16.7 Å². The lowest BCUT2D eigenvalue weighted by atomic mass is 10.3. The van der Waals surface area contributed by atoms with Gasteiger partial charge in [-0.25, -0.2) is 17.8 Å². The minimum atomic E-state index is -3.55. The Morgan fingerprint density at radius 2 is 2.00 bits per heavy atom. The Labute approximate surface area is 150 Å². The molecule has 0 saturated heterocycles. The number of rotatable bonds is 7. The zero-order valence-electron chi connectivity index (χ0n) is 13.7. The van der Waals surface area contributed by atoms with Gasteiger partial charge in [-0.15, -0.1) is 11.3 Å². The lowest BCUT2D eigenvalue weighted by Gasteiger charge is -2.07. The number of hydrogen-bond donors (Lipinski definition) is 2. The predicted molar refractivity (Wildman–Crippen MR) is 97.4 cm³/mol. The van der Waals surface area contributed by atoms with Crippen LogP contribution in [0.3, 0.4) is 0 Å². The first kappa shape index (κ1) is 17.8. The van der Waals surface area contributed by atoms with Gasteiger partial charge in [0.15, 0.2) is 0 Å². The molecule has 6 nitrogen and oxygen atoms in total. The van der Waals surface area contributed by atoms with Crippen molar-refractivity contribution in [3.05, 3.63) is 64.6 Å². The van der Waals surface area contributed by atoms with Crippen LogP contribution >= 0.6 is 11.3 Å². The van der Waals surface area contributed by atoms with Crippen LogP contribution in [0.15, 0.2) is 59.8 Å². The van der Waals surface area contributed by atoms with Crippen molar-refractivity contribution < 1.29 is 13.5 Å². The van der Waals surface area contributed by atoms with Crippen LogP contribution in [-0.2, 0) is 16.4 Å². The lowest BCUT2D eigenvalue weighted by molar-refractivity contribution is 0.203. The number of benzene rings is 1. The van der Waals surface area contributed by atoms with E-state index in [2.05, 4.69) is 9.82 Å². The molecule has 0 aliphatic rings. The summed E-state index contributed by atoms with van der Waals surface area (Å²) in [6.07, 6.45) is 3.55. The monoisotopic (exact) mass is 377 g/mol. The summed E-state index contributed by atoms with van der Waals surface area (Å²) >= 11 is 1.49. The zero-order chi connectivity index (χ0) is 17.9. The number of nitrogens with zero attached hydrogens (tertiary/aromatic N) is 2. The van der Waals surface area contributed by atoms with Crippen LogP contribution in [0.25, 0.3) is 5.69 Å². The molecule has 3 aromatic rings. The normalized spacial score (nSPS) is 13.0. The van der Waals surface area contributed by atoms with Crippen LogP contribution in [0.5, 0.6) is 0 Å². The van der Waals surface area contributed by atoms with Crippen LogP contribution < -0.4 is 4.72 Å². The van der Waals surface area contributed by atoms with Crippen LogP contribution in [-0.4, -0.2) is 29.8 Å². The molecule has 0 aliphatic heterocycles. The topological polar surface area (TPSA) is 84.2 Å². The second-order valence-corrected chi connectivity index (χ2v) is 8.54. The van der Waals surface area contributed by atoms with Crippen molar-refractivity contribution in [2.45, 2.75) is 24.3 Å². The first-order valence-corrected chi connectivity index (χ1v) is 10.1. The van der Waals surface area contributed by atoms with E-state index in [1.54, 1.807) is 54.3 Å². The third-order valence-electron chi connectivity index (χ3n) is 3.67. The number of sulfonamides is 1. The molecule has 0 radical (unpaired) electrons. The number of aliphatic hydroxyl groups excluding tert-OH is 1. The molecule has 25 heavy (non-hydrogen) atoms. The minimum Gasteiger partial charge on any atom is -0.388 e. The maximum absolute atomic E-state index is 12.4. The van der Waals surface area contributed by atoms with E-state index in [0.29, 0.717) is 13.0 Å². The highest BCUT2D eigenvalue weighted by Crippen LogP contribution is 2.23. The van der Waals surface area contributed by atoms with E-state index >= 15 is 0 Å². The van der Waals surface area contributed by atoms with Gasteiger partial charge in [0.1, 0.15) is 0 Å². The molecule has 0 spiro atoms. The molecule has 132 valence electrons. The molecule has 0 amide bonds. The fourth-order valence-electron chi connectivity index (χ4n) is 2.34. The summed E-state index contributed by atoms with van der Waals surface area (Å²) in [5.41, 5.74) is 0.799. The van der Waals surface area contributed by atoms with Gasteiger partial charge in [0, 0.05) is 28.7 Å². The van der Waals surface area contributed by atoms with E-state index in [9.17, 15) is 13.5 Å². The van der Waals surface area contributed by atoms with Crippen molar-refractivity contribution in [2.75, 3.05) is 6.54 Å². The predicted octanol–water partition coefficient (Wildman–Crippen LogP) is 2.51. The number of aromatic nitrogens is 2. The highest BCUT2D eigenvalue weighted by molar-refractivity contribution is 7.89. The Hall–Kier alpha value is -2.00. The first-order valence-electron chi connectivity index (χ1n) is 7.82. The second kappa shape index (κ2) is 7.49. The van der Waals surface area contributed by atoms with E-state index in [-0.39, 0.29) is 4.90 Å². The summed E-state index contributed by atoms with van der Waals surface area (Å²) < 4.78 is 29.0. The summed E-state index contributed by atoms with van der Waals surface area (Å²) in [6.45, 7) is 2.02. The number of hydrogen-bond acceptors (Lipinski definition) is 5. The highest BCUT2D eigenvalue weighted by Gasteiger charge is 2.14. The van der Waals surface area contributed by atoms with Crippen LogP contribution in [0.4, 0.5) is 0 Å². The molecule has 0 saturated carbocycles. The van der Waals surface area contributed by atoms with Crippen molar-refractivity contribution in [1.29, 1.82) is 0 Å². The van der Waals surface area contributed by atoms with E-state index in [1.807, 2.05) is 12.1 Å². The summed E-state index contributed by atoms with van der Waals surface area (Å²) in [4.78, 5) is 2.14. The molecule has 1 atom stereocenters. The van der Waals surface area contributed by atoms with Crippen LogP contribution in [0, 0.1) is 0 Å². The molecule has 0 unspecified atom stereocenters. The Kier molecular flexibility index (Phi) is 5.33. The average Bonchev–Trinajstić information content (AvgIpc) is 3.27. The van der Waals surface area contributed by atoms with Gasteiger partial charge in [-0.3, -0.25) is 0 Å². The zero-order valence-corrected chi connectivity index (χ0v) is 15.3. The van der Waals surface area contributed by atoms with Gasteiger partial charge in [-0.05, 0) is 55.8 Å². The maximum atomic E-state index is 12.4. The Morgan fingerprint density at radius 3 is 2.60 bits per heavy atom. The molecular weight excluding hydrogens is 358 g/mol. The molecule has 3 rings (SSSR count). The molecule has 0 aliphatic carbocycles. The third-order valence-corrected chi connectivity index (χ3v) is 6.47. The maximum Gasteiger partial charge on any atom is 0.240 e. The standard InChI is InChI=1S/C17H19N3O3S2/c1-13(21)17-8-5-15(24-17)9-11-19-25(22,23)16-6-3-14(4-7-16)20-12-2-10-18-20/h2-8,10,12-13,19,21H,9,11H2,1H3/t13-/m1/s1. The van der Waals surface area contributed by atoms with Crippen molar-refractivity contribution in [2.24, 2.45) is 0 Å². The molecule has 8 heteroatoms. The quantitative estimate of drug-likeness (QED) is 0.663. The summed E-state index contributed by atoms with van der Waals surface area (Å²) in [5.74, 6) is 0. The molecular formula is C17H19N3O3S2. The molecule has 2 N–H and O–H groups in total. The molecule has 0 bridgehead atoms. The Balaban J connectivity index is 1.61. The van der Waals surface area contributed by atoms with Gasteiger partial charge in [-0.2, -0.15) is 5.10 Å². The van der Waals surface area contributed by atoms with Crippen molar-refractivity contribution in [3.8, 4) is 5.69 Å². The fraction of sp³-hybridized carbons (Fsp3) is 0.235. The van der Waals surface area contributed by atoms with E-state index in [4.69, 9.17) is 0 Å². The molecule has 1 aromatic carbocycles.